The summed E-state index contributed by atoms with van der Waals surface area (Å²) in [5.74, 6) is -1.09. The van der Waals surface area contributed by atoms with Crippen LogP contribution in [-0.4, -0.2) is 34.4 Å². The highest BCUT2D eigenvalue weighted by atomic mass is 32.2. The van der Waals surface area contributed by atoms with Gasteiger partial charge in [-0.05, 0) is 39.2 Å². The van der Waals surface area contributed by atoms with Gasteiger partial charge in [0, 0.05) is 11.3 Å². The summed E-state index contributed by atoms with van der Waals surface area (Å²) < 4.78 is 5.37. The lowest BCUT2D eigenvalue weighted by molar-refractivity contribution is -0.158. The summed E-state index contributed by atoms with van der Waals surface area (Å²) >= 11 is 1.12. The molecule has 1 N–H and O–H groups in total. The number of hydrogen-bond acceptors (Lipinski definition) is 5. The monoisotopic (exact) mass is 441 g/mol. The van der Waals surface area contributed by atoms with E-state index >= 15 is 0 Å². The highest BCUT2D eigenvalue weighted by molar-refractivity contribution is 8.14. The average Bonchev–Trinajstić information content (AvgIpc) is 2.73. The Morgan fingerprint density at radius 1 is 0.935 bits per heavy atom. The Bertz CT molecular complexity index is 877. The molecule has 0 spiro atoms. The summed E-state index contributed by atoms with van der Waals surface area (Å²) in [6.07, 6.45) is 0. The molecule has 0 fully saturated rings. The minimum absolute atomic E-state index is 0.0844. The topological polar surface area (TPSA) is 72.5 Å². The third-order valence-corrected chi connectivity index (χ3v) is 5.81. The Morgan fingerprint density at radius 3 is 2.03 bits per heavy atom. The van der Waals surface area contributed by atoms with E-state index in [-0.39, 0.29) is 16.9 Å². The molecule has 6 heteroatoms. The largest absolute Gasteiger partial charge is 0.458 e. The van der Waals surface area contributed by atoms with E-state index in [4.69, 9.17) is 4.74 Å². The maximum Gasteiger partial charge on any atom is 0.328 e. The van der Waals surface area contributed by atoms with Crippen molar-refractivity contribution in [3.63, 3.8) is 0 Å². The van der Waals surface area contributed by atoms with Gasteiger partial charge in [-0.1, -0.05) is 79.3 Å². The molecule has 0 saturated carbocycles. The first-order chi connectivity index (χ1) is 14.6. The van der Waals surface area contributed by atoms with Crippen LogP contribution in [0.2, 0.25) is 0 Å². The molecule has 1 amide bonds. The van der Waals surface area contributed by atoms with Crippen molar-refractivity contribution >= 4 is 28.8 Å². The lowest BCUT2D eigenvalue weighted by Gasteiger charge is -2.26. The van der Waals surface area contributed by atoms with E-state index in [0.29, 0.717) is 11.3 Å². The van der Waals surface area contributed by atoms with E-state index in [2.05, 4.69) is 5.32 Å². The third-order valence-electron chi connectivity index (χ3n) is 4.79. The summed E-state index contributed by atoms with van der Waals surface area (Å²) in [7, 11) is 0. The molecule has 5 nitrogen and oxygen atoms in total. The standard InChI is InChI=1S/C25H31NO4S/c1-17(19-12-8-6-9-13-19)21(16-31-24(29)20-14-10-7-11-15-20)22(27)26-18(2)23(28)30-25(3,4)5/h6-15,17-18,21H,16H2,1-5H3,(H,26,27)/t17?,18-,21?/m0/s1. The van der Waals surface area contributed by atoms with Crippen molar-refractivity contribution in [2.75, 3.05) is 5.75 Å². The first-order valence-corrected chi connectivity index (χ1v) is 11.4. The van der Waals surface area contributed by atoms with E-state index < -0.39 is 23.5 Å². The van der Waals surface area contributed by atoms with Crippen molar-refractivity contribution in [1.82, 2.24) is 5.32 Å². The normalized spacial score (nSPS) is 14.2. The van der Waals surface area contributed by atoms with Gasteiger partial charge < -0.3 is 10.1 Å². The van der Waals surface area contributed by atoms with Crippen molar-refractivity contribution < 1.29 is 19.1 Å². The molecule has 2 unspecified atom stereocenters. The van der Waals surface area contributed by atoms with Gasteiger partial charge in [0.15, 0.2) is 0 Å². The van der Waals surface area contributed by atoms with E-state index in [1.807, 2.05) is 55.5 Å². The van der Waals surface area contributed by atoms with Crippen LogP contribution in [0.1, 0.15) is 56.5 Å². The zero-order valence-corrected chi connectivity index (χ0v) is 19.6. The number of carbonyl (C=O) groups excluding carboxylic acids is 3. The molecular formula is C25H31NO4S. The number of hydrogen-bond donors (Lipinski definition) is 1. The summed E-state index contributed by atoms with van der Waals surface area (Å²) in [6, 6.07) is 17.9. The highest BCUT2D eigenvalue weighted by Crippen LogP contribution is 2.29. The molecule has 0 aromatic heterocycles. The van der Waals surface area contributed by atoms with Gasteiger partial charge in [-0.3, -0.25) is 9.59 Å². The smallest absolute Gasteiger partial charge is 0.328 e. The summed E-state index contributed by atoms with van der Waals surface area (Å²) in [6.45, 7) is 8.92. The number of nitrogens with one attached hydrogen (secondary N) is 1. The predicted octanol–water partition coefficient (Wildman–Crippen LogP) is 4.83. The first-order valence-electron chi connectivity index (χ1n) is 10.4. The average molecular weight is 442 g/mol. The highest BCUT2D eigenvalue weighted by Gasteiger charge is 2.31. The molecule has 31 heavy (non-hydrogen) atoms. The number of amides is 1. The van der Waals surface area contributed by atoms with Crippen molar-refractivity contribution in [2.24, 2.45) is 5.92 Å². The van der Waals surface area contributed by atoms with E-state index in [1.165, 1.54) is 0 Å². The molecule has 2 aromatic carbocycles. The number of ether oxygens (including phenoxy) is 1. The minimum atomic E-state index is -0.785. The van der Waals surface area contributed by atoms with Gasteiger partial charge in [0.05, 0.1) is 5.92 Å². The van der Waals surface area contributed by atoms with Gasteiger partial charge in [-0.25, -0.2) is 4.79 Å². The van der Waals surface area contributed by atoms with Crippen LogP contribution in [0.3, 0.4) is 0 Å². The molecule has 2 rings (SSSR count). The summed E-state index contributed by atoms with van der Waals surface area (Å²) in [5, 5.41) is 2.69. The van der Waals surface area contributed by atoms with Crippen molar-refractivity contribution in [2.45, 2.75) is 52.2 Å². The van der Waals surface area contributed by atoms with Gasteiger partial charge in [0.1, 0.15) is 11.6 Å². The fourth-order valence-electron chi connectivity index (χ4n) is 3.03. The Labute approximate surface area is 189 Å². The number of carbonyl (C=O) groups is 3. The Kier molecular flexibility index (Phi) is 8.87. The number of thioether (sulfide) groups is 1. The lowest BCUT2D eigenvalue weighted by Crippen LogP contribution is -2.46. The van der Waals surface area contributed by atoms with Crippen LogP contribution in [0.5, 0.6) is 0 Å². The van der Waals surface area contributed by atoms with Crippen LogP contribution >= 0.6 is 11.8 Å². The number of rotatable bonds is 8. The molecule has 0 aliphatic carbocycles. The quantitative estimate of drug-likeness (QED) is 0.594. The first kappa shape index (κ1) is 24.7. The lowest BCUT2D eigenvalue weighted by atomic mass is 9.88. The van der Waals surface area contributed by atoms with Crippen LogP contribution in [-0.2, 0) is 14.3 Å². The third kappa shape index (κ3) is 7.87. The molecule has 0 aliphatic heterocycles. The van der Waals surface area contributed by atoms with Crippen molar-refractivity contribution in [1.29, 1.82) is 0 Å². The van der Waals surface area contributed by atoms with E-state index in [1.54, 1.807) is 39.8 Å². The van der Waals surface area contributed by atoms with Crippen LogP contribution in [0.25, 0.3) is 0 Å². The van der Waals surface area contributed by atoms with Crippen molar-refractivity contribution in [3.05, 3.63) is 71.8 Å². The van der Waals surface area contributed by atoms with Crippen LogP contribution in [0, 0.1) is 5.92 Å². The molecule has 0 saturated heterocycles. The summed E-state index contributed by atoms with van der Waals surface area (Å²) in [4.78, 5) is 38.0. The number of esters is 1. The Morgan fingerprint density at radius 2 is 1.48 bits per heavy atom. The second-order valence-corrected chi connectivity index (χ2v) is 9.53. The van der Waals surface area contributed by atoms with Gasteiger partial charge in [-0.2, -0.15) is 0 Å². The zero-order valence-electron chi connectivity index (χ0n) is 18.8. The Balaban J connectivity index is 2.13. The van der Waals surface area contributed by atoms with Crippen LogP contribution in [0.15, 0.2) is 60.7 Å². The van der Waals surface area contributed by atoms with Gasteiger partial charge >= 0.3 is 5.97 Å². The maximum absolute atomic E-state index is 13.1. The van der Waals surface area contributed by atoms with Gasteiger partial charge in [0.25, 0.3) is 0 Å². The molecule has 3 atom stereocenters. The van der Waals surface area contributed by atoms with Crippen molar-refractivity contribution in [3.8, 4) is 0 Å². The van der Waals surface area contributed by atoms with Gasteiger partial charge in [-0.15, -0.1) is 0 Å². The van der Waals surface area contributed by atoms with Crippen LogP contribution < -0.4 is 5.32 Å². The Hall–Kier alpha value is -2.60. The molecular weight excluding hydrogens is 410 g/mol. The van der Waals surface area contributed by atoms with E-state index in [9.17, 15) is 14.4 Å². The predicted molar refractivity (Wildman–Crippen MR) is 125 cm³/mol. The second kappa shape index (κ2) is 11.1. The van der Waals surface area contributed by atoms with Crippen LogP contribution in [0.4, 0.5) is 0 Å². The fraction of sp³-hybridized carbons (Fsp3) is 0.400. The maximum atomic E-state index is 13.1. The molecule has 0 aliphatic rings. The molecule has 0 bridgehead atoms. The van der Waals surface area contributed by atoms with E-state index in [0.717, 1.165) is 17.3 Å². The summed E-state index contributed by atoms with van der Waals surface area (Å²) in [5.41, 5.74) is 0.964. The fourth-order valence-corrected chi connectivity index (χ4v) is 4.10. The minimum Gasteiger partial charge on any atom is -0.458 e. The molecule has 166 valence electrons. The number of benzene rings is 2. The SMILES string of the molecule is CC(c1ccccc1)C(CSC(=O)c1ccccc1)C(=O)N[C@@H](C)C(=O)OC(C)(C)C. The molecule has 2 aromatic rings. The molecule has 0 heterocycles. The van der Waals surface area contributed by atoms with Gasteiger partial charge in [0.2, 0.25) is 11.0 Å². The second-order valence-electron chi connectivity index (χ2n) is 8.53. The molecule has 0 radical (unpaired) electrons. The zero-order chi connectivity index (χ0) is 23.0.